The minimum Gasteiger partial charge on any atom is -0.463 e. The van der Waals surface area contributed by atoms with Crippen LogP contribution in [0.1, 0.15) is 71.6 Å². The third-order valence-corrected chi connectivity index (χ3v) is 13.2. The van der Waals surface area contributed by atoms with E-state index in [9.17, 15) is 0 Å². The average molecular weight is 448 g/mol. The monoisotopic (exact) mass is 447 g/mol. The first kappa shape index (κ1) is 24.1. The van der Waals surface area contributed by atoms with E-state index in [0.29, 0.717) is 35.5 Å². The highest BCUT2D eigenvalue weighted by molar-refractivity contribution is 6.90. The van der Waals surface area contributed by atoms with Crippen LogP contribution in [0.15, 0.2) is 59.8 Å². The van der Waals surface area contributed by atoms with E-state index in [1.54, 1.807) is 0 Å². The molecular formula is C28H37NO2Si. The zero-order valence-corrected chi connectivity index (χ0v) is 21.6. The second-order valence-corrected chi connectivity index (χ2v) is 15.5. The highest BCUT2D eigenvalue weighted by atomic mass is 28.3. The molecule has 170 valence electrons. The van der Waals surface area contributed by atoms with E-state index >= 15 is 0 Å². The number of nitrogens with zero attached hydrogens (tertiary/aromatic N) is 1. The number of benzene rings is 2. The van der Waals surface area contributed by atoms with E-state index in [1.807, 2.05) is 42.5 Å². The van der Waals surface area contributed by atoms with Crippen molar-refractivity contribution in [3.05, 3.63) is 71.3 Å². The lowest BCUT2D eigenvalue weighted by atomic mass is 9.91. The highest BCUT2D eigenvalue weighted by Crippen LogP contribution is 2.42. The molecule has 1 heterocycles. The fourth-order valence-electron chi connectivity index (χ4n) is 5.19. The standard InChI is InChI=1S/C28H37NO2Si/c1-21(2)32(22(3)4,23(5)6)19-13-18-28(7)26-17-12-11-16-25(26)27(31-28)29-30-20-24-14-9-8-10-15-24/h8-12,14-17,21-23H,18,20H2,1-7H3/b29-27+. The molecule has 2 aromatic rings. The van der Waals surface area contributed by atoms with Crippen LogP contribution in [0.25, 0.3) is 0 Å². The lowest BCUT2D eigenvalue weighted by Crippen LogP contribution is -2.43. The van der Waals surface area contributed by atoms with Gasteiger partial charge in [0, 0.05) is 11.1 Å². The van der Waals surface area contributed by atoms with Crippen LogP contribution in [0.3, 0.4) is 0 Å². The molecule has 32 heavy (non-hydrogen) atoms. The topological polar surface area (TPSA) is 30.8 Å². The van der Waals surface area contributed by atoms with Crippen LogP contribution in [0.2, 0.25) is 16.6 Å². The fraction of sp³-hybridized carbons (Fsp3) is 0.464. The summed E-state index contributed by atoms with van der Waals surface area (Å²) in [4.78, 5) is 5.64. The van der Waals surface area contributed by atoms with Crippen LogP contribution < -0.4 is 0 Å². The normalized spacial score (nSPS) is 19.1. The lowest BCUT2D eigenvalue weighted by Gasteiger charge is -2.38. The molecule has 0 bridgehead atoms. The average Bonchev–Trinajstić information content (AvgIpc) is 3.03. The predicted molar refractivity (Wildman–Crippen MR) is 136 cm³/mol. The van der Waals surface area contributed by atoms with Crippen molar-refractivity contribution in [2.75, 3.05) is 0 Å². The second-order valence-electron chi connectivity index (χ2n) is 9.91. The molecule has 1 aliphatic rings. The molecular weight excluding hydrogens is 410 g/mol. The van der Waals surface area contributed by atoms with Gasteiger partial charge in [0.25, 0.3) is 5.90 Å². The van der Waals surface area contributed by atoms with Gasteiger partial charge in [-0.2, -0.15) is 0 Å². The van der Waals surface area contributed by atoms with Gasteiger partial charge >= 0.3 is 0 Å². The van der Waals surface area contributed by atoms with Gasteiger partial charge in [0.15, 0.2) is 0 Å². The van der Waals surface area contributed by atoms with Crippen molar-refractivity contribution in [3.63, 3.8) is 0 Å². The van der Waals surface area contributed by atoms with E-state index in [-0.39, 0.29) is 0 Å². The van der Waals surface area contributed by atoms with E-state index in [2.05, 4.69) is 77.2 Å². The molecule has 0 saturated heterocycles. The Balaban J connectivity index is 1.84. The van der Waals surface area contributed by atoms with Crippen LogP contribution in [0.5, 0.6) is 0 Å². The Morgan fingerprint density at radius 3 is 2.12 bits per heavy atom. The number of hydrogen-bond acceptors (Lipinski definition) is 3. The van der Waals surface area contributed by atoms with Gasteiger partial charge in [-0.15, -0.1) is 11.5 Å². The Kier molecular flexibility index (Phi) is 7.51. The molecule has 1 unspecified atom stereocenters. The van der Waals surface area contributed by atoms with Crippen molar-refractivity contribution in [1.29, 1.82) is 0 Å². The molecule has 0 radical (unpaired) electrons. The van der Waals surface area contributed by atoms with Gasteiger partial charge in [0.05, 0.1) is 6.42 Å². The third-order valence-electron chi connectivity index (χ3n) is 6.87. The van der Waals surface area contributed by atoms with Gasteiger partial charge in [0.2, 0.25) is 0 Å². The molecule has 0 fully saturated rings. The Hall–Kier alpha value is -2.51. The number of hydrogen-bond donors (Lipinski definition) is 0. The summed E-state index contributed by atoms with van der Waals surface area (Å²) in [5.74, 6) is 4.13. The van der Waals surface area contributed by atoms with Crippen LogP contribution >= 0.6 is 0 Å². The molecule has 3 nitrogen and oxygen atoms in total. The number of ether oxygens (including phenoxy) is 1. The van der Waals surface area contributed by atoms with Crippen LogP contribution in [0, 0.1) is 11.5 Å². The summed E-state index contributed by atoms with van der Waals surface area (Å²) in [5.41, 5.74) is 8.35. The van der Waals surface area contributed by atoms with Crippen molar-refractivity contribution in [1.82, 2.24) is 0 Å². The van der Waals surface area contributed by atoms with Crippen LogP contribution in [0.4, 0.5) is 0 Å². The summed E-state index contributed by atoms with van der Waals surface area (Å²) in [7, 11) is -1.77. The summed E-state index contributed by atoms with van der Waals surface area (Å²) in [6.07, 6.45) is 0.641. The van der Waals surface area contributed by atoms with E-state index in [0.717, 1.165) is 16.7 Å². The van der Waals surface area contributed by atoms with Gasteiger partial charge in [-0.3, -0.25) is 0 Å². The number of oxime groups is 1. The lowest BCUT2D eigenvalue weighted by molar-refractivity contribution is 0.0717. The van der Waals surface area contributed by atoms with Crippen molar-refractivity contribution in [2.45, 2.75) is 83.7 Å². The maximum Gasteiger partial charge on any atom is 0.258 e. The third kappa shape index (κ3) is 4.78. The summed E-state index contributed by atoms with van der Waals surface area (Å²) >= 11 is 0. The molecule has 0 aliphatic carbocycles. The first-order chi connectivity index (χ1) is 15.2. The van der Waals surface area contributed by atoms with Crippen molar-refractivity contribution in [3.8, 4) is 11.5 Å². The largest absolute Gasteiger partial charge is 0.463 e. The Bertz CT molecular complexity index is 979. The van der Waals surface area contributed by atoms with E-state index < -0.39 is 13.7 Å². The smallest absolute Gasteiger partial charge is 0.258 e. The van der Waals surface area contributed by atoms with E-state index in [4.69, 9.17) is 9.57 Å². The molecule has 4 heteroatoms. The molecule has 1 aliphatic heterocycles. The molecule has 0 aromatic heterocycles. The van der Waals surface area contributed by atoms with Crippen LogP contribution in [-0.4, -0.2) is 14.0 Å². The van der Waals surface area contributed by atoms with E-state index in [1.165, 1.54) is 0 Å². The summed E-state index contributed by atoms with van der Waals surface area (Å²) in [5, 5.41) is 4.35. The highest BCUT2D eigenvalue weighted by Gasteiger charge is 2.43. The Morgan fingerprint density at radius 2 is 1.50 bits per heavy atom. The molecule has 3 rings (SSSR count). The van der Waals surface area contributed by atoms with Crippen molar-refractivity contribution < 1.29 is 9.57 Å². The quantitative estimate of drug-likeness (QED) is 0.251. The molecule has 1 atom stereocenters. The summed E-state index contributed by atoms with van der Waals surface area (Å²) in [6, 6.07) is 18.3. The maximum absolute atomic E-state index is 6.39. The number of rotatable bonds is 7. The maximum atomic E-state index is 6.39. The number of fused-ring (bicyclic) bond motifs is 1. The van der Waals surface area contributed by atoms with Crippen molar-refractivity contribution >= 4 is 14.0 Å². The summed E-state index contributed by atoms with van der Waals surface area (Å²) in [6.45, 7) is 16.6. The van der Waals surface area contributed by atoms with Gasteiger partial charge in [-0.05, 0) is 40.3 Å². The molecule has 2 aromatic carbocycles. The second kappa shape index (κ2) is 9.96. The minimum atomic E-state index is -1.77. The van der Waals surface area contributed by atoms with Gasteiger partial charge in [-0.25, -0.2) is 0 Å². The minimum absolute atomic E-state index is 0.414. The Labute approximate surface area is 195 Å². The zero-order chi connectivity index (χ0) is 23.4. The van der Waals surface area contributed by atoms with Gasteiger partial charge < -0.3 is 9.57 Å². The predicted octanol–water partition coefficient (Wildman–Crippen LogP) is 7.42. The Morgan fingerprint density at radius 1 is 0.906 bits per heavy atom. The molecule has 0 spiro atoms. The van der Waals surface area contributed by atoms with Crippen LogP contribution in [-0.2, 0) is 21.8 Å². The first-order valence-electron chi connectivity index (χ1n) is 11.7. The van der Waals surface area contributed by atoms with Crippen molar-refractivity contribution in [2.24, 2.45) is 5.16 Å². The van der Waals surface area contributed by atoms with Gasteiger partial charge in [0.1, 0.15) is 20.3 Å². The molecule has 0 saturated carbocycles. The SMILES string of the molecule is CC(C)[Si](C#CCC1(C)O/C(=N/OCc2ccccc2)c2ccccc21)(C(C)C)C(C)C. The van der Waals surface area contributed by atoms with Gasteiger partial charge in [-0.1, -0.05) is 90.1 Å². The molecule has 0 amide bonds. The molecule has 0 N–H and O–H groups in total. The zero-order valence-electron chi connectivity index (χ0n) is 20.6. The first-order valence-corrected chi connectivity index (χ1v) is 14.0. The summed E-state index contributed by atoms with van der Waals surface area (Å²) < 4.78 is 6.39. The fourth-order valence-corrected chi connectivity index (χ4v) is 10.5.